The number of amides is 2. The second-order valence-electron chi connectivity index (χ2n) is 4.95. The molecule has 2 aromatic rings. The van der Waals surface area contributed by atoms with Crippen molar-refractivity contribution in [1.29, 1.82) is 0 Å². The number of aliphatic hydroxyl groups excluding tert-OH is 1. The van der Waals surface area contributed by atoms with Crippen LogP contribution in [-0.2, 0) is 6.18 Å². The highest BCUT2D eigenvalue weighted by Crippen LogP contribution is 2.29. The molecule has 1 unspecified atom stereocenters. The van der Waals surface area contributed by atoms with Crippen LogP contribution in [-0.4, -0.2) is 17.7 Å². The molecular weight excluding hydrogens is 328 g/mol. The number of hydrogen-bond acceptors (Lipinski definition) is 2. The van der Waals surface area contributed by atoms with Crippen LogP contribution >= 0.6 is 0 Å². The number of aliphatic hydroxyl groups is 1. The Hall–Kier alpha value is -2.61. The summed E-state index contributed by atoms with van der Waals surface area (Å²) in [6, 6.07) is 8.74. The van der Waals surface area contributed by atoms with Gasteiger partial charge in [-0.15, -0.1) is 0 Å². The van der Waals surface area contributed by atoms with Crippen molar-refractivity contribution in [1.82, 2.24) is 5.32 Å². The van der Waals surface area contributed by atoms with E-state index in [1.807, 2.05) is 0 Å². The van der Waals surface area contributed by atoms with Crippen LogP contribution in [0, 0.1) is 5.82 Å². The van der Waals surface area contributed by atoms with Gasteiger partial charge in [-0.2, -0.15) is 13.2 Å². The number of alkyl halides is 3. The standard InChI is InChI=1S/C16H14F4N2O2/c17-12-3-1-2-4-13(12)22-15(24)21-9-14(23)10-5-7-11(8-6-10)16(18,19)20/h1-8,14,23H,9H2,(H2,21,22,24). The maximum absolute atomic E-state index is 13.4. The van der Waals surface area contributed by atoms with Crippen molar-refractivity contribution in [2.75, 3.05) is 11.9 Å². The Labute approximate surface area is 135 Å². The smallest absolute Gasteiger partial charge is 0.387 e. The van der Waals surface area contributed by atoms with Gasteiger partial charge in [-0.1, -0.05) is 24.3 Å². The summed E-state index contributed by atoms with van der Waals surface area (Å²) in [6.45, 7) is -0.244. The molecule has 1 atom stereocenters. The highest BCUT2D eigenvalue weighted by molar-refractivity contribution is 5.89. The summed E-state index contributed by atoms with van der Waals surface area (Å²) in [7, 11) is 0. The molecule has 0 saturated heterocycles. The van der Waals surface area contributed by atoms with Crippen molar-refractivity contribution in [3.8, 4) is 0 Å². The Balaban J connectivity index is 1.89. The van der Waals surface area contributed by atoms with Gasteiger partial charge in [0.25, 0.3) is 0 Å². The molecule has 0 saturated carbocycles. The lowest BCUT2D eigenvalue weighted by Crippen LogP contribution is -2.32. The average molecular weight is 342 g/mol. The lowest BCUT2D eigenvalue weighted by molar-refractivity contribution is -0.137. The predicted octanol–water partition coefficient (Wildman–Crippen LogP) is 3.70. The second kappa shape index (κ2) is 7.31. The quantitative estimate of drug-likeness (QED) is 0.742. The van der Waals surface area contributed by atoms with Crippen LogP contribution < -0.4 is 10.6 Å². The van der Waals surface area contributed by atoms with E-state index in [1.165, 1.54) is 24.3 Å². The first-order chi connectivity index (χ1) is 11.3. The van der Waals surface area contributed by atoms with E-state index in [1.54, 1.807) is 0 Å². The molecule has 4 nitrogen and oxygen atoms in total. The zero-order valence-electron chi connectivity index (χ0n) is 12.3. The molecule has 0 aromatic heterocycles. The first-order valence-corrected chi connectivity index (χ1v) is 6.92. The van der Waals surface area contributed by atoms with Gasteiger partial charge in [0.05, 0.1) is 17.4 Å². The molecule has 0 fully saturated rings. The third kappa shape index (κ3) is 4.69. The normalized spacial score (nSPS) is 12.5. The number of urea groups is 1. The van der Waals surface area contributed by atoms with Crippen LogP contribution in [0.4, 0.5) is 28.0 Å². The van der Waals surface area contributed by atoms with Crippen LogP contribution in [0.2, 0.25) is 0 Å². The molecule has 0 radical (unpaired) electrons. The maximum Gasteiger partial charge on any atom is 0.416 e. The van der Waals surface area contributed by atoms with E-state index < -0.39 is 29.7 Å². The fourth-order valence-electron chi connectivity index (χ4n) is 1.93. The van der Waals surface area contributed by atoms with Gasteiger partial charge in [-0.05, 0) is 29.8 Å². The molecule has 3 N–H and O–H groups in total. The predicted molar refractivity (Wildman–Crippen MR) is 79.8 cm³/mol. The molecule has 0 bridgehead atoms. The highest BCUT2D eigenvalue weighted by atomic mass is 19.4. The molecule has 8 heteroatoms. The third-order valence-corrected chi connectivity index (χ3v) is 3.20. The van der Waals surface area contributed by atoms with E-state index in [2.05, 4.69) is 10.6 Å². The topological polar surface area (TPSA) is 61.4 Å². The zero-order chi connectivity index (χ0) is 17.7. The molecule has 128 valence electrons. The minimum Gasteiger partial charge on any atom is -0.387 e. The van der Waals surface area contributed by atoms with E-state index in [4.69, 9.17) is 0 Å². The zero-order valence-corrected chi connectivity index (χ0v) is 12.3. The summed E-state index contributed by atoms with van der Waals surface area (Å²) in [4.78, 5) is 11.6. The minimum absolute atomic E-state index is 0.0287. The molecular formula is C16H14F4N2O2. The molecule has 2 rings (SSSR count). The summed E-state index contributed by atoms with van der Waals surface area (Å²) in [5.74, 6) is -0.615. The van der Waals surface area contributed by atoms with Crippen LogP contribution in [0.15, 0.2) is 48.5 Å². The van der Waals surface area contributed by atoms with Crippen LogP contribution in [0.1, 0.15) is 17.2 Å². The highest BCUT2D eigenvalue weighted by Gasteiger charge is 2.30. The monoisotopic (exact) mass is 342 g/mol. The number of anilines is 1. The van der Waals surface area contributed by atoms with E-state index >= 15 is 0 Å². The van der Waals surface area contributed by atoms with Gasteiger partial charge in [-0.25, -0.2) is 9.18 Å². The number of benzene rings is 2. The molecule has 24 heavy (non-hydrogen) atoms. The van der Waals surface area contributed by atoms with Crippen molar-refractivity contribution in [3.05, 3.63) is 65.5 Å². The summed E-state index contributed by atoms with van der Waals surface area (Å²) >= 11 is 0. The fourth-order valence-corrected chi connectivity index (χ4v) is 1.93. The Morgan fingerprint density at radius 3 is 2.29 bits per heavy atom. The van der Waals surface area contributed by atoms with E-state index in [0.717, 1.165) is 24.3 Å². The van der Waals surface area contributed by atoms with Crippen LogP contribution in [0.25, 0.3) is 0 Å². The first-order valence-electron chi connectivity index (χ1n) is 6.92. The van der Waals surface area contributed by atoms with Crippen molar-refractivity contribution in [2.24, 2.45) is 0 Å². The van der Waals surface area contributed by atoms with Crippen molar-refractivity contribution in [3.63, 3.8) is 0 Å². The maximum atomic E-state index is 13.4. The van der Waals surface area contributed by atoms with E-state index in [9.17, 15) is 27.5 Å². The number of para-hydroxylation sites is 1. The van der Waals surface area contributed by atoms with Crippen molar-refractivity contribution >= 4 is 11.7 Å². The summed E-state index contributed by atoms with van der Waals surface area (Å²) in [5.41, 5.74) is -0.642. The van der Waals surface area contributed by atoms with E-state index in [0.29, 0.717) is 0 Å². The third-order valence-electron chi connectivity index (χ3n) is 3.20. The number of nitrogens with one attached hydrogen (secondary N) is 2. The number of rotatable bonds is 4. The Morgan fingerprint density at radius 2 is 1.71 bits per heavy atom. The summed E-state index contributed by atoms with van der Waals surface area (Å²) in [6.07, 6.45) is -5.65. The Kier molecular flexibility index (Phi) is 5.40. The molecule has 2 amide bonds. The first kappa shape index (κ1) is 17.7. The fraction of sp³-hybridized carbons (Fsp3) is 0.188. The molecule has 0 aliphatic carbocycles. The number of carbonyl (C=O) groups excluding carboxylic acids is 1. The lowest BCUT2D eigenvalue weighted by Gasteiger charge is -2.14. The minimum atomic E-state index is -4.46. The molecule has 2 aromatic carbocycles. The van der Waals surface area contributed by atoms with Crippen molar-refractivity contribution < 1.29 is 27.5 Å². The number of halogens is 4. The molecule has 0 heterocycles. The van der Waals surface area contributed by atoms with Crippen LogP contribution in [0.5, 0.6) is 0 Å². The Morgan fingerprint density at radius 1 is 1.08 bits per heavy atom. The number of hydrogen-bond donors (Lipinski definition) is 3. The van der Waals surface area contributed by atoms with Gasteiger partial charge in [-0.3, -0.25) is 0 Å². The van der Waals surface area contributed by atoms with Gasteiger partial charge < -0.3 is 15.7 Å². The SMILES string of the molecule is O=C(NCC(O)c1ccc(C(F)(F)F)cc1)Nc1ccccc1F. The second-order valence-corrected chi connectivity index (χ2v) is 4.95. The summed E-state index contributed by atoms with van der Waals surface area (Å²) in [5, 5.41) is 14.5. The summed E-state index contributed by atoms with van der Waals surface area (Å²) < 4.78 is 50.7. The lowest BCUT2D eigenvalue weighted by atomic mass is 10.1. The molecule has 0 aliphatic rings. The Bertz CT molecular complexity index is 702. The van der Waals surface area contributed by atoms with Crippen LogP contribution in [0.3, 0.4) is 0 Å². The molecule has 0 aliphatic heterocycles. The van der Waals surface area contributed by atoms with Crippen molar-refractivity contribution in [2.45, 2.75) is 12.3 Å². The average Bonchev–Trinajstić information content (AvgIpc) is 2.54. The van der Waals surface area contributed by atoms with Gasteiger partial charge >= 0.3 is 12.2 Å². The number of carbonyl (C=O) groups is 1. The van der Waals surface area contributed by atoms with Gasteiger partial charge in [0, 0.05) is 6.54 Å². The van der Waals surface area contributed by atoms with Gasteiger partial charge in [0.2, 0.25) is 0 Å². The van der Waals surface area contributed by atoms with Gasteiger partial charge in [0.1, 0.15) is 5.82 Å². The van der Waals surface area contributed by atoms with Gasteiger partial charge in [0.15, 0.2) is 0 Å². The molecule has 0 spiro atoms. The van der Waals surface area contributed by atoms with E-state index in [-0.39, 0.29) is 17.8 Å². The largest absolute Gasteiger partial charge is 0.416 e.